The fourth-order valence-electron chi connectivity index (χ4n) is 1.18. The molecule has 0 heterocycles. The summed E-state index contributed by atoms with van der Waals surface area (Å²) in [7, 11) is 0. The Morgan fingerprint density at radius 1 is 1.20 bits per heavy atom. The minimum Gasteiger partial charge on any atom is -1.00 e. The summed E-state index contributed by atoms with van der Waals surface area (Å²) in [5, 5.41) is 0. The van der Waals surface area contributed by atoms with Crippen molar-refractivity contribution in [3.05, 3.63) is 29.6 Å². The molecule has 0 aliphatic rings. The minimum absolute atomic E-state index is 0. The number of rotatable bonds is 1. The van der Waals surface area contributed by atoms with Gasteiger partial charge in [0.1, 0.15) is 0 Å². The van der Waals surface area contributed by atoms with Gasteiger partial charge in [0.15, 0.2) is 0 Å². The molecule has 1 nitrogen and oxygen atoms in total. The molecule has 0 N–H and O–H groups in total. The summed E-state index contributed by atoms with van der Waals surface area (Å²) in [6.45, 7) is 6.10. The van der Waals surface area contributed by atoms with Crippen LogP contribution >= 0.6 is 0 Å². The van der Waals surface area contributed by atoms with E-state index in [9.17, 15) is 4.39 Å². The van der Waals surface area contributed by atoms with Crippen LogP contribution in [0.3, 0.4) is 0 Å². The zero-order valence-electron chi connectivity index (χ0n) is 8.77. The van der Waals surface area contributed by atoms with E-state index < -0.39 is 0 Å². The molecule has 0 radical (unpaired) electrons. The summed E-state index contributed by atoms with van der Waals surface area (Å²) in [6, 6.07) is 4.60. The molecule has 0 unspecified atom stereocenters. The molecule has 0 atom stereocenters. The maximum absolute atomic E-state index is 13.0. The van der Waals surface area contributed by atoms with Crippen LogP contribution in [0.15, 0.2) is 18.2 Å². The molecule has 1 aromatic carbocycles. The second-order valence-electron chi connectivity index (χ2n) is 3.99. The Morgan fingerprint density at radius 2 is 1.73 bits per heavy atom. The second kappa shape index (κ2) is 6.75. The van der Waals surface area contributed by atoms with Crippen molar-refractivity contribution in [1.29, 1.82) is 0 Å². The molecule has 5 heteroatoms. The fourth-order valence-corrected chi connectivity index (χ4v) is 1.46. The minimum atomic E-state index is -0.217. The average molecular weight is 286 g/mol. The molecule has 0 aliphatic carbocycles. The van der Waals surface area contributed by atoms with Crippen LogP contribution < -0.4 is 28.1 Å². The standard InChI is InChI=1S/C10H13FO.2ClH.Ti/c1-10(2,3)8-6-7(11)4-5-9(8)12;;;/h4-6,12H,1-3H3;2*1H;/q;;;+3/p-3. The van der Waals surface area contributed by atoms with E-state index in [1.807, 2.05) is 20.8 Å². The first-order valence-electron chi connectivity index (χ1n) is 4.09. The predicted molar refractivity (Wildman–Crippen MR) is 45.7 cm³/mol. The molecular weight excluding hydrogens is 274 g/mol. The molecule has 0 spiro atoms. The van der Waals surface area contributed by atoms with Gasteiger partial charge in [0.05, 0.1) is 0 Å². The van der Waals surface area contributed by atoms with Crippen molar-refractivity contribution < 1.29 is 53.3 Å². The Balaban J connectivity index is 0. The molecule has 0 aromatic heterocycles. The quantitative estimate of drug-likeness (QED) is 0.499. The van der Waals surface area contributed by atoms with Gasteiger partial charge in [-0.05, 0) is 0 Å². The van der Waals surface area contributed by atoms with E-state index in [1.54, 1.807) is 26.9 Å². The van der Waals surface area contributed by atoms with Crippen molar-refractivity contribution >= 4 is 0 Å². The Kier molecular flexibility index (Phi) is 7.93. The van der Waals surface area contributed by atoms with Gasteiger partial charge in [0, 0.05) is 0 Å². The maximum Gasteiger partial charge on any atom is -1.00 e. The van der Waals surface area contributed by atoms with Crippen molar-refractivity contribution in [2.75, 3.05) is 0 Å². The summed E-state index contributed by atoms with van der Waals surface area (Å²) in [6.07, 6.45) is 0. The van der Waals surface area contributed by atoms with E-state index >= 15 is 0 Å². The molecule has 1 aromatic rings. The first kappa shape index (κ1) is 17.6. The monoisotopic (exact) mass is 285 g/mol. The van der Waals surface area contributed by atoms with Crippen molar-refractivity contribution in [2.24, 2.45) is 0 Å². The zero-order chi connectivity index (χ0) is 10.1. The molecule has 0 fully saturated rings. The normalized spacial score (nSPS) is 10.0. The largest absolute Gasteiger partial charge is 1.00 e. The van der Waals surface area contributed by atoms with Crippen LogP contribution in [0.25, 0.3) is 0 Å². The molecule has 0 aliphatic heterocycles. The van der Waals surface area contributed by atoms with Crippen LogP contribution in [0.4, 0.5) is 4.39 Å². The van der Waals surface area contributed by atoms with Crippen LogP contribution in [-0.4, -0.2) is 0 Å². The van der Waals surface area contributed by atoms with E-state index in [0.29, 0.717) is 0 Å². The zero-order valence-corrected chi connectivity index (χ0v) is 11.8. The summed E-state index contributed by atoms with van der Waals surface area (Å²) >= 11 is 1.60. The van der Waals surface area contributed by atoms with Crippen LogP contribution in [0, 0.1) is 5.82 Å². The average Bonchev–Trinajstić information content (AvgIpc) is 2.03. The Morgan fingerprint density at radius 3 is 2.13 bits per heavy atom. The van der Waals surface area contributed by atoms with E-state index in [4.69, 9.17) is 3.32 Å². The van der Waals surface area contributed by atoms with Gasteiger partial charge in [-0.3, -0.25) is 0 Å². The summed E-state index contributed by atoms with van der Waals surface area (Å²) < 4.78 is 18.1. The molecule has 0 bridgehead atoms. The Labute approximate surface area is 114 Å². The van der Waals surface area contributed by atoms with Gasteiger partial charge in [-0.25, -0.2) is 0 Å². The third-order valence-electron chi connectivity index (χ3n) is 1.86. The van der Waals surface area contributed by atoms with Crippen LogP contribution in [0.5, 0.6) is 5.75 Å². The molecule has 0 saturated heterocycles. The van der Waals surface area contributed by atoms with Gasteiger partial charge >= 0.3 is 90.0 Å². The van der Waals surface area contributed by atoms with Crippen LogP contribution in [0.1, 0.15) is 26.3 Å². The van der Waals surface area contributed by atoms with Crippen LogP contribution in [-0.2, 0) is 26.2 Å². The molecule has 1 rings (SSSR count). The Bertz CT molecular complexity index is 313. The summed E-state index contributed by atoms with van der Waals surface area (Å²) in [5.74, 6) is 0.527. The third kappa shape index (κ3) is 4.73. The van der Waals surface area contributed by atoms with E-state index in [1.165, 1.54) is 12.1 Å². The van der Waals surface area contributed by atoms with Crippen LogP contribution in [0.2, 0.25) is 0 Å². The van der Waals surface area contributed by atoms with E-state index in [2.05, 4.69) is 0 Å². The number of halogens is 3. The van der Waals surface area contributed by atoms with Gasteiger partial charge in [0.2, 0.25) is 0 Å². The molecule has 0 saturated carbocycles. The molecule has 15 heavy (non-hydrogen) atoms. The van der Waals surface area contributed by atoms with Gasteiger partial charge in [-0.15, -0.1) is 0 Å². The fraction of sp³-hybridized carbons (Fsp3) is 0.400. The first-order chi connectivity index (χ1) is 5.95. The van der Waals surface area contributed by atoms with Gasteiger partial charge in [-0.1, -0.05) is 0 Å². The summed E-state index contributed by atoms with van der Waals surface area (Å²) in [5.41, 5.74) is 0.808. The van der Waals surface area contributed by atoms with Gasteiger partial charge < -0.3 is 24.8 Å². The predicted octanol–water partition coefficient (Wildman–Crippen LogP) is -3.03. The number of hydrogen-bond acceptors (Lipinski definition) is 1. The smallest absolute Gasteiger partial charge is 1.00 e. The number of hydrogen-bond donors (Lipinski definition) is 0. The second-order valence-corrected chi connectivity index (χ2v) is 4.31. The van der Waals surface area contributed by atoms with Crippen molar-refractivity contribution in [3.8, 4) is 5.75 Å². The van der Waals surface area contributed by atoms with Crippen molar-refractivity contribution in [1.82, 2.24) is 0 Å². The summed E-state index contributed by atoms with van der Waals surface area (Å²) in [4.78, 5) is 0. The van der Waals surface area contributed by atoms with Gasteiger partial charge in [0.25, 0.3) is 0 Å². The SMILES string of the molecule is CC(C)(C)c1cc(F)ccc1[O][Ti+2].[Cl-].[Cl-]. The molecule has 0 amide bonds. The molecule has 83 valence electrons. The topological polar surface area (TPSA) is 9.23 Å². The first-order valence-corrected chi connectivity index (χ1v) is 4.72. The van der Waals surface area contributed by atoms with Crippen molar-refractivity contribution in [2.45, 2.75) is 26.2 Å². The Hall–Kier alpha value is 0.244. The maximum atomic E-state index is 13.0. The van der Waals surface area contributed by atoms with E-state index in [-0.39, 0.29) is 36.0 Å². The molecular formula is C10H12Cl2FOTi. The van der Waals surface area contributed by atoms with Gasteiger partial charge in [-0.2, -0.15) is 0 Å². The van der Waals surface area contributed by atoms with Crippen molar-refractivity contribution in [3.63, 3.8) is 0 Å². The van der Waals surface area contributed by atoms with E-state index in [0.717, 1.165) is 11.3 Å². The third-order valence-corrected chi connectivity index (χ3v) is 2.20. The number of benzene rings is 1.